The first-order valence-corrected chi connectivity index (χ1v) is 10.3. The molecule has 7 nitrogen and oxygen atoms in total. The minimum atomic E-state index is -3.69. The predicted molar refractivity (Wildman–Crippen MR) is 105 cm³/mol. The molecule has 1 aromatic heterocycles. The Morgan fingerprint density at radius 3 is 2.68 bits per heavy atom. The third-order valence-corrected chi connectivity index (χ3v) is 6.49. The van der Waals surface area contributed by atoms with Gasteiger partial charge in [0, 0.05) is 24.2 Å². The fraction of sp³-hybridized carbons (Fsp3) is 0.200. The summed E-state index contributed by atoms with van der Waals surface area (Å²) in [6, 6.07) is 9.97. The number of hydrogen-bond acceptors (Lipinski definition) is 4. The third kappa shape index (κ3) is 2.56. The highest BCUT2D eigenvalue weighted by Gasteiger charge is 2.27. The Morgan fingerprint density at radius 2 is 1.96 bits per heavy atom. The highest BCUT2D eigenvalue weighted by molar-refractivity contribution is 7.89. The Bertz CT molecular complexity index is 1390. The molecule has 0 saturated carbocycles. The Kier molecular flexibility index (Phi) is 4.13. The number of nitrogens with one attached hydrogen (secondary N) is 1. The van der Waals surface area contributed by atoms with Crippen LogP contribution in [0.15, 0.2) is 46.3 Å². The number of aryl methyl sites for hydroxylation is 2. The Balaban J connectivity index is 2.12. The van der Waals surface area contributed by atoms with Crippen LogP contribution in [0.4, 0.5) is 0 Å². The first-order valence-electron chi connectivity index (χ1n) is 8.80. The molecule has 1 aliphatic rings. The molecule has 4 rings (SSSR count). The first kappa shape index (κ1) is 18.4. The topological polar surface area (TPSA) is 101 Å². The second-order valence-corrected chi connectivity index (χ2v) is 8.47. The fourth-order valence-corrected chi connectivity index (χ4v) is 4.79. The minimum Gasteiger partial charge on any atom is -0.494 e. The van der Waals surface area contributed by atoms with E-state index in [0.29, 0.717) is 21.5 Å². The number of fused-ring (bicyclic) bond motifs is 2. The molecular formula is C20H19N3O4S. The molecule has 0 spiro atoms. The highest BCUT2D eigenvalue weighted by Crippen LogP contribution is 2.36. The molecule has 144 valence electrons. The van der Waals surface area contributed by atoms with Gasteiger partial charge in [-0.3, -0.25) is 4.79 Å². The number of nitrogens with zero attached hydrogens (tertiary/aromatic N) is 2. The van der Waals surface area contributed by atoms with Gasteiger partial charge in [-0.15, -0.1) is 0 Å². The number of carbonyl (C=O) groups excluding carboxylic acids is 1. The lowest BCUT2D eigenvalue weighted by atomic mass is 10.0. The molecular weight excluding hydrogens is 378 g/mol. The van der Waals surface area contributed by atoms with Gasteiger partial charge in [0.05, 0.1) is 26.9 Å². The summed E-state index contributed by atoms with van der Waals surface area (Å²) in [4.78, 5) is 16.8. The maximum Gasteiger partial charge on any atom is 0.279 e. The predicted octanol–water partition coefficient (Wildman–Crippen LogP) is 0.849. The van der Waals surface area contributed by atoms with Gasteiger partial charge >= 0.3 is 0 Å². The second-order valence-electron chi connectivity index (χ2n) is 6.70. The summed E-state index contributed by atoms with van der Waals surface area (Å²) >= 11 is 0. The van der Waals surface area contributed by atoms with E-state index in [9.17, 15) is 18.3 Å². The van der Waals surface area contributed by atoms with E-state index < -0.39 is 15.9 Å². The van der Waals surface area contributed by atoms with Gasteiger partial charge in [-0.05, 0) is 30.7 Å². The molecule has 0 unspecified atom stereocenters. The minimum absolute atomic E-state index is 0.0476. The zero-order valence-corrected chi connectivity index (χ0v) is 16.5. The van der Waals surface area contributed by atoms with E-state index in [2.05, 4.69) is 9.71 Å². The summed E-state index contributed by atoms with van der Waals surface area (Å²) < 4.78 is 28.9. The van der Waals surface area contributed by atoms with Gasteiger partial charge in [-0.25, -0.2) is 18.1 Å². The summed E-state index contributed by atoms with van der Waals surface area (Å²) in [5.74, 6) is -0.562. The van der Waals surface area contributed by atoms with Crippen molar-refractivity contribution in [3.8, 4) is 5.88 Å². The zero-order chi connectivity index (χ0) is 20.2. The fourth-order valence-electron chi connectivity index (χ4n) is 3.72. The number of benzene rings is 2. The van der Waals surface area contributed by atoms with E-state index in [-0.39, 0.29) is 22.9 Å². The first-order chi connectivity index (χ1) is 13.3. The smallest absolute Gasteiger partial charge is 0.279 e. The molecule has 2 N–H and O–H groups in total. The monoisotopic (exact) mass is 397 g/mol. The van der Waals surface area contributed by atoms with Gasteiger partial charge in [0.2, 0.25) is 10.0 Å². The van der Waals surface area contributed by atoms with E-state index in [1.165, 1.54) is 18.2 Å². The molecule has 0 radical (unpaired) electrons. The van der Waals surface area contributed by atoms with Crippen LogP contribution in [-0.2, 0) is 21.9 Å². The van der Waals surface area contributed by atoms with E-state index in [1.54, 1.807) is 18.5 Å². The molecule has 0 fully saturated rings. The summed E-state index contributed by atoms with van der Waals surface area (Å²) in [5.41, 5.74) is 2.33. The average molecular weight is 397 g/mol. The van der Waals surface area contributed by atoms with Crippen LogP contribution >= 0.6 is 0 Å². The number of aromatic nitrogens is 1. The van der Waals surface area contributed by atoms with Crippen molar-refractivity contribution in [1.82, 2.24) is 9.29 Å². The molecule has 1 amide bonds. The summed E-state index contributed by atoms with van der Waals surface area (Å²) in [7, 11) is -1.97. The van der Waals surface area contributed by atoms with Crippen molar-refractivity contribution >= 4 is 32.4 Å². The van der Waals surface area contributed by atoms with Crippen molar-refractivity contribution < 1.29 is 18.3 Å². The van der Waals surface area contributed by atoms with Crippen LogP contribution in [-0.4, -0.2) is 30.5 Å². The molecule has 0 atom stereocenters. The number of sulfonamides is 1. The van der Waals surface area contributed by atoms with Crippen LogP contribution in [0.1, 0.15) is 18.1 Å². The largest absolute Gasteiger partial charge is 0.494 e. The van der Waals surface area contributed by atoms with Crippen LogP contribution in [0.3, 0.4) is 0 Å². The van der Waals surface area contributed by atoms with E-state index >= 15 is 0 Å². The summed E-state index contributed by atoms with van der Waals surface area (Å²) in [6.07, 6.45) is 0. The number of rotatable bonds is 4. The van der Waals surface area contributed by atoms with E-state index in [4.69, 9.17) is 0 Å². The molecule has 0 bridgehead atoms. The quantitative estimate of drug-likeness (QED) is 0.682. The molecule has 0 aliphatic carbocycles. The van der Waals surface area contributed by atoms with Gasteiger partial charge in [-0.2, -0.15) is 0 Å². The Labute approximate surface area is 161 Å². The van der Waals surface area contributed by atoms with E-state index in [0.717, 1.165) is 11.1 Å². The van der Waals surface area contributed by atoms with Crippen molar-refractivity contribution in [3.63, 3.8) is 0 Å². The molecule has 2 aromatic carbocycles. The van der Waals surface area contributed by atoms with Crippen molar-refractivity contribution in [2.24, 2.45) is 12.0 Å². The highest BCUT2D eigenvalue weighted by atomic mass is 32.2. The number of hydrogen-bond donors (Lipinski definition) is 2. The van der Waals surface area contributed by atoms with Crippen molar-refractivity contribution in [2.45, 2.75) is 18.7 Å². The maximum absolute atomic E-state index is 12.7. The lowest BCUT2D eigenvalue weighted by molar-refractivity contribution is -0.112. The van der Waals surface area contributed by atoms with Crippen molar-refractivity contribution in [1.29, 1.82) is 0 Å². The molecule has 0 saturated heterocycles. The molecule has 8 heteroatoms. The van der Waals surface area contributed by atoms with Crippen LogP contribution in [0.5, 0.6) is 5.88 Å². The van der Waals surface area contributed by atoms with Crippen LogP contribution in [0.25, 0.3) is 16.5 Å². The maximum atomic E-state index is 12.7. The average Bonchev–Trinajstić information content (AvgIpc) is 3.09. The molecule has 3 aromatic rings. The van der Waals surface area contributed by atoms with Crippen molar-refractivity contribution in [2.75, 3.05) is 6.54 Å². The second kappa shape index (κ2) is 6.29. The normalized spacial score (nSPS) is 13.8. The van der Waals surface area contributed by atoms with Crippen molar-refractivity contribution in [3.05, 3.63) is 58.1 Å². The lowest BCUT2D eigenvalue weighted by Crippen LogP contribution is -2.28. The number of para-hydroxylation sites is 1. The molecule has 1 aliphatic heterocycles. The van der Waals surface area contributed by atoms with Crippen LogP contribution < -0.4 is 15.3 Å². The van der Waals surface area contributed by atoms with Gasteiger partial charge in [-0.1, -0.05) is 25.1 Å². The third-order valence-electron chi connectivity index (χ3n) is 4.95. The van der Waals surface area contributed by atoms with Gasteiger partial charge in [0.15, 0.2) is 5.88 Å². The van der Waals surface area contributed by atoms with Gasteiger partial charge in [0.25, 0.3) is 5.91 Å². The zero-order valence-electron chi connectivity index (χ0n) is 15.6. The van der Waals surface area contributed by atoms with Crippen LogP contribution in [0.2, 0.25) is 0 Å². The molecule has 2 heterocycles. The Morgan fingerprint density at radius 1 is 1.21 bits per heavy atom. The number of carbonyl (C=O) groups is 1. The van der Waals surface area contributed by atoms with Crippen LogP contribution in [0, 0.1) is 6.92 Å². The summed E-state index contributed by atoms with van der Waals surface area (Å²) in [5, 5.41) is 12.3. The SMILES string of the molecule is CCNS(=O)(=O)c1ccc2c(c1)=C(c1c(O)n(C)c3c(C)cccc13)C(=O)N=2. The standard InChI is InChI=1S/C20H19N3O4S/c1-4-21-28(26,27)12-8-9-15-14(10-12)16(19(24)22-15)17-13-7-5-6-11(2)18(13)23(3)20(17)25/h5-10,21,25H,4H2,1-3H3. The van der Waals surface area contributed by atoms with Gasteiger partial charge in [0.1, 0.15) is 0 Å². The van der Waals surface area contributed by atoms with Gasteiger partial charge < -0.3 is 9.67 Å². The lowest BCUT2D eigenvalue weighted by Gasteiger charge is -2.04. The Hall–Kier alpha value is -2.97. The van der Waals surface area contributed by atoms with E-state index in [1.807, 2.05) is 25.1 Å². The number of aromatic hydroxyl groups is 1. The molecule has 28 heavy (non-hydrogen) atoms. The summed E-state index contributed by atoms with van der Waals surface area (Å²) in [6.45, 7) is 3.87. The number of amides is 1.